The predicted molar refractivity (Wildman–Crippen MR) is 114 cm³/mol. The van der Waals surface area contributed by atoms with Gasteiger partial charge in [0.05, 0.1) is 19.8 Å². The van der Waals surface area contributed by atoms with Gasteiger partial charge in [-0.25, -0.2) is 0 Å². The van der Waals surface area contributed by atoms with Gasteiger partial charge in [0.2, 0.25) is 0 Å². The van der Waals surface area contributed by atoms with Crippen LogP contribution < -0.4 is 9.47 Å². The summed E-state index contributed by atoms with van der Waals surface area (Å²) in [6.45, 7) is 2.07. The van der Waals surface area contributed by atoms with Crippen LogP contribution in [0.2, 0.25) is 5.02 Å². The largest absolute Gasteiger partial charge is 0.496 e. The summed E-state index contributed by atoms with van der Waals surface area (Å²) in [4.78, 5) is 15.3. The van der Waals surface area contributed by atoms with Crippen LogP contribution in [0.1, 0.15) is 40.2 Å². The maximum atomic E-state index is 12.9. The molecule has 2 aromatic carbocycles. The Balaban J connectivity index is 1.93. The molecule has 0 unspecified atom stereocenters. The standard InChI is InChI=1S/C23H26ClNO3/c1-25-12-10-16(11-13-25)18-14-19(23(28-3)15-22(18)27-2)21(26)9-8-17-6-4-5-7-20(17)24/h4-9,14-16H,10-13H2,1-3H3/b9-8+. The molecule has 0 atom stereocenters. The van der Waals surface area contributed by atoms with Crippen molar-refractivity contribution in [2.75, 3.05) is 34.4 Å². The highest BCUT2D eigenvalue weighted by molar-refractivity contribution is 6.32. The lowest BCUT2D eigenvalue weighted by Gasteiger charge is -2.30. The average Bonchev–Trinajstić information content (AvgIpc) is 2.72. The number of likely N-dealkylation sites (tertiary alicyclic amines) is 1. The minimum atomic E-state index is -0.117. The first-order valence-corrected chi connectivity index (χ1v) is 9.82. The second kappa shape index (κ2) is 9.26. The average molecular weight is 400 g/mol. The third-order valence-electron chi connectivity index (χ3n) is 5.30. The van der Waals surface area contributed by atoms with E-state index in [1.165, 1.54) is 0 Å². The van der Waals surface area contributed by atoms with Crippen molar-refractivity contribution < 1.29 is 14.3 Å². The van der Waals surface area contributed by atoms with Gasteiger partial charge < -0.3 is 14.4 Å². The number of rotatable bonds is 6. The zero-order chi connectivity index (χ0) is 20.1. The molecule has 5 heteroatoms. The topological polar surface area (TPSA) is 38.8 Å². The highest BCUT2D eigenvalue weighted by atomic mass is 35.5. The van der Waals surface area contributed by atoms with Crippen molar-refractivity contribution in [1.29, 1.82) is 0 Å². The molecule has 1 saturated heterocycles. The van der Waals surface area contributed by atoms with E-state index < -0.39 is 0 Å². The molecule has 0 saturated carbocycles. The lowest BCUT2D eigenvalue weighted by molar-refractivity contribution is 0.104. The minimum Gasteiger partial charge on any atom is -0.496 e. The van der Waals surface area contributed by atoms with E-state index in [1.807, 2.05) is 30.3 Å². The minimum absolute atomic E-state index is 0.117. The van der Waals surface area contributed by atoms with Gasteiger partial charge in [-0.3, -0.25) is 4.79 Å². The van der Waals surface area contributed by atoms with E-state index in [0.29, 0.717) is 22.3 Å². The molecule has 0 N–H and O–H groups in total. The lowest BCUT2D eigenvalue weighted by Crippen LogP contribution is -2.29. The molecule has 0 spiro atoms. The molecule has 1 fully saturated rings. The van der Waals surface area contributed by atoms with E-state index in [-0.39, 0.29) is 5.78 Å². The van der Waals surface area contributed by atoms with E-state index in [2.05, 4.69) is 11.9 Å². The van der Waals surface area contributed by atoms with Crippen LogP contribution in [0.15, 0.2) is 42.5 Å². The van der Waals surface area contributed by atoms with Crippen molar-refractivity contribution in [1.82, 2.24) is 4.90 Å². The molecule has 1 aliphatic rings. The molecule has 3 rings (SSSR count). The summed E-state index contributed by atoms with van der Waals surface area (Å²) in [5.41, 5.74) is 2.42. The molecule has 0 bridgehead atoms. The van der Waals surface area contributed by atoms with Crippen LogP contribution in [0.25, 0.3) is 6.08 Å². The van der Waals surface area contributed by atoms with Gasteiger partial charge in [0.25, 0.3) is 0 Å². The van der Waals surface area contributed by atoms with E-state index in [1.54, 1.807) is 32.4 Å². The molecule has 148 valence electrons. The zero-order valence-electron chi connectivity index (χ0n) is 16.6. The summed E-state index contributed by atoms with van der Waals surface area (Å²) < 4.78 is 11.1. The first-order valence-electron chi connectivity index (χ1n) is 9.45. The molecule has 28 heavy (non-hydrogen) atoms. The molecular weight excluding hydrogens is 374 g/mol. The van der Waals surface area contributed by atoms with Crippen LogP contribution in [-0.2, 0) is 0 Å². The summed E-state index contributed by atoms with van der Waals surface area (Å²) >= 11 is 6.18. The molecule has 0 aliphatic carbocycles. The SMILES string of the molecule is COc1cc(OC)c(C2CCN(C)CC2)cc1C(=O)/C=C/c1ccccc1Cl. The van der Waals surface area contributed by atoms with Crippen LogP contribution in [-0.4, -0.2) is 45.0 Å². The van der Waals surface area contributed by atoms with Gasteiger partial charge in [0.1, 0.15) is 11.5 Å². The number of carbonyl (C=O) groups is 1. The van der Waals surface area contributed by atoms with Gasteiger partial charge in [-0.15, -0.1) is 0 Å². The first kappa shape index (κ1) is 20.4. The summed E-state index contributed by atoms with van der Waals surface area (Å²) in [5.74, 6) is 1.55. The van der Waals surface area contributed by atoms with Crippen molar-refractivity contribution in [2.45, 2.75) is 18.8 Å². The second-order valence-corrected chi connectivity index (χ2v) is 7.50. The van der Waals surface area contributed by atoms with Crippen LogP contribution in [0.4, 0.5) is 0 Å². The molecule has 0 radical (unpaired) electrons. The van der Waals surface area contributed by atoms with Gasteiger partial charge in [-0.2, -0.15) is 0 Å². The Kier molecular flexibility index (Phi) is 6.76. The summed E-state index contributed by atoms with van der Waals surface area (Å²) in [5, 5.41) is 0.611. The van der Waals surface area contributed by atoms with Crippen molar-refractivity contribution in [2.24, 2.45) is 0 Å². The normalized spacial score (nSPS) is 15.7. The monoisotopic (exact) mass is 399 g/mol. The number of halogens is 1. The first-order chi connectivity index (χ1) is 13.5. The van der Waals surface area contributed by atoms with Crippen molar-refractivity contribution in [3.05, 3.63) is 64.2 Å². The molecule has 1 aliphatic heterocycles. The van der Waals surface area contributed by atoms with E-state index in [0.717, 1.165) is 42.8 Å². The second-order valence-electron chi connectivity index (χ2n) is 7.09. The van der Waals surface area contributed by atoms with Crippen LogP contribution in [0, 0.1) is 0 Å². The Labute approximate surface area is 171 Å². The number of hydrogen-bond donors (Lipinski definition) is 0. The van der Waals surface area contributed by atoms with E-state index in [9.17, 15) is 4.79 Å². The number of benzene rings is 2. The fraction of sp³-hybridized carbons (Fsp3) is 0.348. The molecule has 2 aromatic rings. The van der Waals surface area contributed by atoms with Crippen molar-refractivity contribution >= 4 is 23.5 Å². The number of ketones is 1. The maximum Gasteiger partial charge on any atom is 0.189 e. The van der Waals surface area contributed by atoms with Crippen LogP contribution >= 0.6 is 11.6 Å². The number of hydrogen-bond acceptors (Lipinski definition) is 4. The summed E-state index contributed by atoms with van der Waals surface area (Å²) in [6.07, 6.45) is 5.37. The molecular formula is C23H26ClNO3. The number of piperidine rings is 1. The van der Waals surface area contributed by atoms with E-state index in [4.69, 9.17) is 21.1 Å². The molecule has 0 amide bonds. The third-order valence-corrected chi connectivity index (χ3v) is 5.64. The Morgan fingerprint density at radius 3 is 2.43 bits per heavy atom. The summed E-state index contributed by atoms with van der Waals surface area (Å²) in [6, 6.07) is 11.2. The summed E-state index contributed by atoms with van der Waals surface area (Å²) in [7, 11) is 5.36. The molecule has 1 heterocycles. The lowest BCUT2D eigenvalue weighted by atomic mass is 9.87. The van der Waals surface area contributed by atoms with Crippen molar-refractivity contribution in [3.63, 3.8) is 0 Å². The number of methoxy groups -OCH3 is 2. The van der Waals surface area contributed by atoms with Crippen molar-refractivity contribution in [3.8, 4) is 11.5 Å². The third kappa shape index (κ3) is 4.57. The Morgan fingerprint density at radius 2 is 1.79 bits per heavy atom. The van der Waals surface area contributed by atoms with Crippen LogP contribution in [0.5, 0.6) is 11.5 Å². The van der Waals surface area contributed by atoms with Gasteiger partial charge in [-0.05, 0) is 74.3 Å². The maximum absolute atomic E-state index is 12.9. The predicted octanol–water partition coefficient (Wildman–Crippen LogP) is 5.06. The fourth-order valence-corrected chi connectivity index (χ4v) is 3.82. The number of carbonyl (C=O) groups excluding carboxylic acids is 1. The van der Waals surface area contributed by atoms with Gasteiger partial charge in [0, 0.05) is 11.1 Å². The zero-order valence-corrected chi connectivity index (χ0v) is 17.3. The van der Waals surface area contributed by atoms with E-state index >= 15 is 0 Å². The Bertz CT molecular complexity index is 870. The number of allylic oxidation sites excluding steroid dienone is 1. The quantitative estimate of drug-likeness (QED) is 0.502. The van der Waals surface area contributed by atoms with Gasteiger partial charge in [-0.1, -0.05) is 29.8 Å². The highest BCUT2D eigenvalue weighted by Gasteiger charge is 2.24. The molecule has 0 aromatic heterocycles. The highest BCUT2D eigenvalue weighted by Crippen LogP contribution is 2.38. The smallest absolute Gasteiger partial charge is 0.189 e. The molecule has 4 nitrogen and oxygen atoms in total. The Morgan fingerprint density at radius 1 is 1.11 bits per heavy atom. The number of nitrogens with zero attached hydrogens (tertiary/aromatic N) is 1. The van der Waals surface area contributed by atoms with Crippen LogP contribution in [0.3, 0.4) is 0 Å². The van der Waals surface area contributed by atoms with Gasteiger partial charge >= 0.3 is 0 Å². The fourth-order valence-electron chi connectivity index (χ4n) is 3.62. The Hall–Kier alpha value is -2.30. The number of ether oxygens (including phenoxy) is 2. The van der Waals surface area contributed by atoms with Gasteiger partial charge in [0.15, 0.2) is 5.78 Å².